The lowest BCUT2D eigenvalue weighted by Crippen LogP contribution is -2.56. The topological polar surface area (TPSA) is 86.1 Å². The maximum absolute atomic E-state index is 12.6. The second kappa shape index (κ2) is 8.28. The lowest BCUT2D eigenvalue weighted by atomic mass is 9.48. The highest BCUT2D eigenvalue weighted by molar-refractivity contribution is 7.99. The zero-order chi connectivity index (χ0) is 20.6. The number of thioether (sulfide) groups is 1. The second-order valence-electron chi connectivity index (χ2n) is 9.30. The highest BCUT2D eigenvalue weighted by atomic mass is 32.2. The third-order valence-corrected chi connectivity index (χ3v) is 8.27. The van der Waals surface area contributed by atoms with Gasteiger partial charge in [-0.3, -0.25) is 9.59 Å². The van der Waals surface area contributed by atoms with Crippen LogP contribution < -0.4 is 5.32 Å². The fraction of sp³-hybridized carbons (Fsp3) is 0.810. The molecule has 29 heavy (non-hydrogen) atoms. The van der Waals surface area contributed by atoms with Gasteiger partial charge in [0, 0.05) is 13.1 Å². The van der Waals surface area contributed by atoms with Crippen molar-refractivity contribution in [1.29, 1.82) is 0 Å². The first kappa shape index (κ1) is 20.7. The minimum Gasteiger partial charge on any atom is -0.466 e. The van der Waals surface area contributed by atoms with E-state index in [1.54, 1.807) is 11.5 Å². The molecule has 4 aliphatic rings. The summed E-state index contributed by atoms with van der Waals surface area (Å²) in [5.74, 6) is 3.23. The maximum Gasteiger partial charge on any atom is 0.313 e. The van der Waals surface area contributed by atoms with Crippen LogP contribution in [0.1, 0.15) is 58.2 Å². The summed E-state index contributed by atoms with van der Waals surface area (Å²) in [7, 11) is 1.81. The summed E-state index contributed by atoms with van der Waals surface area (Å²) in [6.07, 6.45) is 8.19. The molecule has 4 bridgehead atoms. The molecule has 8 heteroatoms. The largest absolute Gasteiger partial charge is 0.466 e. The van der Waals surface area contributed by atoms with Gasteiger partial charge in [0.15, 0.2) is 5.16 Å². The number of aromatic nitrogens is 3. The number of carbonyl (C=O) groups is 2. The van der Waals surface area contributed by atoms with E-state index in [0.29, 0.717) is 28.8 Å². The molecule has 0 saturated heterocycles. The number of hydrogen-bond acceptors (Lipinski definition) is 6. The summed E-state index contributed by atoms with van der Waals surface area (Å²) in [4.78, 5) is 24.3. The van der Waals surface area contributed by atoms with E-state index in [1.807, 2.05) is 7.05 Å². The van der Waals surface area contributed by atoms with Crippen LogP contribution in [0.15, 0.2) is 5.16 Å². The molecule has 1 aromatic rings. The Hall–Kier alpha value is -1.57. The van der Waals surface area contributed by atoms with Gasteiger partial charge in [0.05, 0.1) is 12.4 Å². The molecule has 4 fully saturated rings. The van der Waals surface area contributed by atoms with Crippen LogP contribution in [0.25, 0.3) is 0 Å². The molecule has 5 rings (SSSR count). The van der Waals surface area contributed by atoms with Crippen molar-refractivity contribution < 1.29 is 14.3 Å². The first-order valence-electron chi connectivity index (χ1n) is 10.8. The Morgan fingerprint density at radius 2 is 1.83 bits per heavy atom. The Kier molecular flexibility index (Phi) is 5.91. The van der Waals surface area contributed by atoms with Crippen molar-refractivity contribution >= 4 is 23.6 Å². The van der Waals surface area contributed by atoms with Crippen molar-refractivity contribution in [2.45, 2.75) is 70.0 Å². The summed E-state index contributed by atoms with van der Waals surface area (Å²) in [5.41, 5.74) is 0.312. The van der Waals surface area contributed by atoms with Gasteiger partial charge in [0.1, 0.15) is 12.2 Å². The van der Waals surface area contributed by atoms with Crippen LogP contribution in [0.3, 0.4) is 0 Å². The van der Waals surface area contributed by atoms with E-state index in [9.17, 15) is 9.59 Å². The van der Waals surface area contributed by atoms with Gasteiger partial charge in [-0.25, -0.2) is 0 Å². The van der Waals surface area contributed by atoms with Crippen LogP contribution in [0, 0.1) is 23.2 Å². The Bertz CT molecular complexity index is 743. The third kappa shape index (κ3) is 4.32. The Balaban J connectivity index is 1.29. The number of carbonyl (C=O) groups excluding carboxylic acids is 2. The van der Waals surface area contributed by atoms with Crippen LogP contribution in [0.2, 0.25) is 0 Å². The number of amides is 1. The predicted molar refractivity (Wildman–Crippen MR) is 110 cm³/mol. The Morgan fingerprint density at radius 1 is 1.21 bits per heavy atom. The van der Waals surface area contributed by atoms with Gasteiger partial charge in [-0.2, -0.15) is 0 Å². The molecule has 0 aromatic carbocycles. The van der Waals surface area contributed by atoms with Crippen molar-refractivity contribution in [2.75, 3.05) is 12.4 Å². The molecule has 7 nitrogen and oxygen atoms in total. The number of hydrogen-bond donors (Lipinski definition) is 1. The van der Waals surface area contributed by atoms with Gasteiger partial charge in [0.2, 0.25) is 5.91 Å². The summed E-state index contributed by atoms with van der Waals surface area (Å²) in [6.45, 7) is 4.33. The highest BCUT2D eigenvalue weighted by Gasteiger charge is 2.53. The first-order chi connectivity index (χ1) is 13.9. The third-order valence-electron chi connectivity index (χ3n) is 7.25. The first-order valence-corrected chi connectivity index (χ1v) is 11.8. The van der Waals surface area contributed by atoms with Crippen molar-refractivity contribution in [2.24, 2.45) is 30.2 Å². The van der Waals surface area contributed by atoms with E-state index in [4.69, 9.17) is 4.74 Å². The molecule has 0 radical (unpaired) electrons. The summed E-state index contributed by atoms with van der Waals surface area (Å²) < 4.78 is 6.72. The van der Waals surface area contributed by atoms with E-state index in [0.717, 1.165) is 17.8 Å². The minimum atomic E-state index is -0.318. The van der Waals surface area contributed by atoms with Gasteiger partial charge in [-0.05, 0) is 75.5 Å². The van der Waals surface area contributed by atoms with Crippen LogP contribution in [0.5, 0.6) is 0 Å². The summed E-state index contributed by atoms with van der Waals surface area (Å²) in [5, 5.41) is 12.1. The molecule has 160 valence electrons. The van der Waals surface area contributed by atoms with Crippen molar-refractivity contribution in [3.8, 4) is 0 Å². The summed E-state index contributed by atoms with van der Waals surface area (Å²) in [6, 6.07) is 0.225. The standard InChI is InChI=1S/C21H32N4O3S/c1-4-28-19(27)8-17-23-24-20(25(17)3)29-12-18(26)22-13(2)21-9-14-5-15(10-21)7-16(6-14)11-21/h13-16H,4-12H2,1-3H3,(H,22,26)/t13-,14?,15?,16?,21?/m1/s1. The molecule has 1 aromatic heterocycles. The second-order valence-corrected chi connectivity index (χ2v) is 10.2. The van der Waals surface area contributed by atoms with Crippen LogP contribution >= 0.6 is 11.8 Å². The van der Waals surface area contributed by atoms with E-state index in [-0.39, 0.29) is 24.3 Å². The molecule has 1 N–H and O–H groups in total. The van der Waals surface area contributed by atoms with E-state index in [1.165, 1.54) is 50.3 Å². The molecule has 4 aliphatic carbocycles. The van der Waals surface area contributed by atoms with Gasteiger partial charge in [-0.15, -0.1) is 10.2 Å². The van der Waals surface area contributed by atoms with E-state index < -0.39 is 0 Å². The quantitative estimate of drug-likeness (QED) is 0.514. The number of ether oxygens (including phenoxy) is 1. The smallest absolute Gasteiger partial charge is 0.313 e. The number of rotatable bonds is 8. The average Bonchev–Trinajstić information content (AvgIpc) is 2.99. The molecule has 0 aliphatic heterocycles. The fourth-order valence-corrected chi connectivity index (χ4v) is 6.98. The summed E-state index contributed by atoms with van der Waals surface area (Å²) >= 11 is 1.36. The lowest BCUT2D eigenvalue weighted by Gasteiger charge is -2.59. The van der Waals surface area contributed by atoms with Crippen LogP contribution in [-0.2, 0) is 27.8 Å². The van der Waals surface area contributed by atoms with Crippen LogP contribution in [-0.4, -0.2) is 45.0 Å². The van der Waals surface area contributed by atoms with Crippen molar-refractivity contribution in [1.82, 2.24) is 20.1 Å². The van der Waals surface area contributed by atoms with Gasteiger partial charge in [0.25, 0.3) is 0 Å². The molecule has 1 amide bonds. The average molecular weight is 421 g/mol. The zero-order valence-electron chi connectivity index (χ0n) is 17.6. The molecule has 0 spiro atoms. The zero-order valence-corrected chi connectivity index (χ0v) is 18.5. The fourth-order valence-electron chi connectivity index (χ4n) is 6.24. The van der Waals surface area contributed by atoms with Crippen molar-refractivity contribution in [3.63, 3.8) is 0 Å². The predicted octanol–water partition coefficient (Wildman–Crippen LogP) is 2.73. The lowest BCUT2D eigenvalue weighted by molar-refractivity contribution is -0.142. The number of nitrogens with one attached hydrogen (secondary N) is 1. The molecule has 1 heterocycles. The molecular weight excluding hydrogens is 388 g/mol. The molecule has 1 atom stereocenters. The number of esters is 1. The SMILES string of the molecule is CCOC(=O)Cc1nnc(SCC(=O)N[C@H](C)C23CC4CC(CC(C4)C2)C3)n1C. The molecule has 0 unspecified atom stereocenters. The van der Waals surface area contributed by atoms with E-state index in [2.05, 4.69) is 22.4 Å². The van der Waals surface area contributed by atoms with Gasteiger partial charge < -0.3 is 14.6 Å². The molecular formula is C21H32N4O3S. The van der Waals surface area contributed by atoms with E-state index >= 15 is 0 Å². The Morgan fingerprint density at radius 3 is 2.41 bits per heavy atom. The van der Waals surface area contributed by atoms with Gasteiger partial charge in [-0.1, -0.05) is 11.8 Å². The Labute approximate surface area is 176 Å². The van der Waals surface area contributed by atoms with Crippen LogP contribution in [0.4, 0.5) is 0 Å². The maximum atomic E-state index is 12.6. The highest BCUT2D eigenvalue weighted by Crippen LogP contribution is 2.61. The monoisotopic (exact) mass is 420 g/mol. The number of nitrogens with zero attached hydrogens (tertiary/aromatic N) is 3. The molecule has 4 saturated carbocycles. The van der Waals surface area contributed by atoms with Crippen molar-refractivity contribution in [3.05, 3.63) is 5.82 Å². The minimum absolute atomic E-state index is 0.0492. The normalized spacial score (nSPS) is 30.9. The van der Waals surface area contributed by atoms with Gasteiger partial charge >= 0.3 is 5.97 Å².